The molecule has 3 saturated heterocycles. The van der Waals surface area contributed by atoms with E-state index in [1.165, 1.54) is 16.1 Å². The first kappa shape index (κ1) is 25.9. The van der Waals surface area contributed by atoms with Crippen molar-refractivity contribution in [1.29, 1.82) is 0 Å². The number of nitrogens with zero attached hydrogens (tertiary/aromatic N) is 7. The molecule has 1 N–H and O–H groups in total. The van der Waals surface area contributed by atoms with E-state index in [2.05, 4.69) is 10.1 Å². The lowest BCUT2D eigenvalue weighted by molar-refractivity contribution is -0.155. The van der Waals surface area contributed by atoms with Crippen LogP contribution in [0.4, 0.5) is 4.79 Å². The van der Waals surface area contributed by atoms with Crippen LogP contribution >= 0.6 is 11.6 Å². The first-order valence-electron chi connectivity index (χ1n) is 13.6. The van der Waals surface area contributed by atoms with E-state index in [1.54, 1.807) is 4.52 Å². The summed E-state index contributed by atoms with van der Waals surface area (Å²) < 4.78 is 9.64. The van der Waals surface area contributed by atoms with Gasteiger partial charge in [0.2, 0.25) is 11.8 Å². The van der Waals surface area contributed by atoms with Gasteiger partial charge in [0.1, 0.15) is 6.33 Å². The van der Waals surface area contributed by atoms with Gasteiger partial charge in [-0.25, -0.2) is 14.3 Å². The van der Waals surface area contributed by atoms with Crippen molar-refractivity contribution in [3.8, 4) is 11.3 Å². The van der Waals surface area contributed by atoms with Crippen LogP contribution in [0.1, 0.15) is 18.4 Å². The van der Waals surface area contributed by atoms with Gasteiger partial charge in [-0.2, -0.15) is 5.10 Å². The standard InChI is InChI=1S/C28H28ClN7O5/c29-19-9-18-3-5-33(13-20-14-34(28(39)40)6-7-41-20)26(18)21(10-19)25-23-8-17(12-36(23)31-16-30-25)11-35-24(37)15-32-4-1-2-22(32)27(35)38/h3,5,8-10,12,16,20,22H,1-2,4,6-7,11,13-15H2,(H,39,40)/t20-,22+/m1/s1. The number of benzene rings is 1. The molecule has 3 fully saturated rings. The van der Waals surface area contributed by atoms with Crippen molar-refractivity contribution in [1.82, 2.24) is 33.9 Å². The van der Waals surface area contributed by atoms with Crippen LogP contribution in [0.25, 0.3) is 27.7 Å². The molecule has 1 aromatic carbocycles. The number of imide groups is 1. The van der Waals surface area contributed by atoms with Gasteiger partial charge in [0.05, 0.1) is 61.7 Å². The number of piperazine rings is 1. The van der Waals surface area contributed by atoms with E-state index in [4.69, 9.17) is 16.3 Å². The zero-order chi connectivity index (χ0) is 28.2. The first-order valence-corrected chi connectivity index (χ1v) is 14.0. The quantitative estimate of drug-likeness (QED) is 0.359. The molecule has 0 unspecified atom stereocenters. The highest BCUT2D eigenvalue weighted by Crippen LogP contribution is 2.35. The summed E-state index contributed by atoms with van der Waals surface area (Å²) in [5.41, 5.74) is 3.81. The Labute approximate surface area is 239 Å². The fraction of sp³-hybridized carbons (Fsp3) is 0.393. The molecule has 2 atom stereocenters. The van der Waals surface area contributed by atoms with E-state index < -0.39 is 6.09 Å². The number of halogens is 1. The van der Waals surface area contributed by atoms with E-state index in [-0.39, 0.29) is 43.6 Å². The van der Waals surface area contributed by atoms with Gasteiger partial charge in [-0.15, -0.1) is 0 Å². The van der Waals surface area contributed by atoms with Gasteiger partial charge in [0, 0.05) is 34.9 Å². The van der Waals surface area contributed by atoms with E-state index in [9.17, 15) is 19.5 Å². The summed E-state index contributed by atoms with van der Waals surface area (Å²) in [7, 11) is 0. The summed E-state index contributed by atoms with van der Waals surface area (Å²) in [6, 6.07) is 7.39. The molecular formula is C28H28ClN7O5. The summed E-state index contributed by atoms with van der Waals surface area (Å²) in [6.07, 6.45) is 5.67. The number of ether oxygens (including phenoxy) is 1. The Balaban J connectivity index is 1.24. The third-order valence-corrected chi connectivity index (χ3v) is 8.47. The van der Waals surface area contributed by atoms with Crippen molar-refractivity contribution >= 4 is 45.9 Å². The summed E-state index contributed by atoms with van der Waals surface area (Å²) >= 11 is 6.55. The average molecular weight is 578 g/mol. The lowest BCUT2D eigenvalue weighted by Crippen LogP contribution is -2.56. The van der Waals surface area contributed by atoms with Crippen LogP contribution in [0.5, 0.6) is 0 Å². The SMILES string of the molecule is O=C(O)N1CCO[C@H](Cn2ccc3cc(Cl)cc(-c4ncnn5cc(CN6C(=O)CN7CCC[C@H]7C6=O)cc45)c32)C1. The van der Waals surface area contributed by atoms with Gasteiger partial charge in [-0.1, -0.05) is 11.6 Å². The number of aromatic nitrogens is 4. The second kappa shape index (κ2) is 10.1. The fourth-order valence-electron chi connectivity index (χ4n) is 6.35. The summed E-state index contributed by atoms with van der Waals surface area (Å²) in [5.74, 6) is -0.323. The van der Waals surface area contributed by atoms with Gasteiger partial charge in [0.15, 0.2) is 0 Å². The molecule has 3 aromatic heterocycles. The third-order valence-electron chi connectivity index (χ3n) is 8.25. The number of carbonyl (C=O) groups is 3. The second-order valence-electron chi connectivity index (χ2n) is 10.8. The number of morpholine rings is 1. The molecule has 0 aliphatic carbocycles. The topological polar surface area (TPSA) is 126 Å². The predicted molar refractivity (Wildman–Crippen MR) is 148 cm³/mol. The molecule has 4 aromatic rings. The minimum Gasteiger partial charge on any atom is -0.465 e. The average Bonchev–Trinajstić information content (AvgIpc) is 3.69. The highest BCUT2D eigenvalue weighted by Gasteiger charge is 2.42. The van der Waals surface area contributed by atoms with Crippen molar-refractivity contribution in [2.75, 3.05) is 32.8 Å². The number of amides is 3. The molecule has 0 spiro atoms. The molecular weight excluding hydrogens is 550 g/mol. The third kappa shape index (κ3) is 4.61. The summed E-state index contributed by atoms with van der Waals surface area (Å²) in [5, 5.41) is 15.3. The van der Waals surface area contributed by atoms with Crippen molar-refractivity contribution in [2.24, 2.45) is 0 Å². The van der Waals surface area contributed by atoms with Crippen molar-refractivity contribution in [2.45, 2.75) is 38.1 Å². The van der Waals surface area contributed by atoms with E-state index in [0.717, 1.165) is 41.4 Å². The monoisotopic (exact) mass is 577 g/mol. The minimum absolute atomic E-state index is 0.138. The molecule has 12 nitrogen and oxygen atoms in total. The Morgan fingerprint density at radius 2 is 2.07 bits per heavy atom. The van der Waals surface area contributed by atoms with Crippen LogP contribution in [0.3, 0.4) is 0 Å². The number of fused-ring (bicyclic) bond motifs is 3. The van der Waals surface area contributed by atoms with Gasteiger partial charge < -0.3 is 19.3 Å². The van der Waals surface area contributed by atoms with Crippen LogP contribution in [-0.2, 0) is 27.4 Å². The minimum atomic E-state index is -0.955. The zero-order valence-corrected chi connectivity index (χ0v) is 22.9. The normalized spacial score (nSPS) is 21.8. The molecule has 7 rings (SSSR count). The molecule has 212 valence electrons. The lowest BCUT2D eigenvalue weighted by Gasteiger charge is -2.34. The number of hydrogen-bond donors (Lipinski definition) is 1. The summed E-state index contributed by atoms with van der Waals surface area (Å²) in [4.78, 5) is 46.8. The maximum atomic E-state index is 13.1. The first-order chi connectivity index (χ1) is 19.9. The van der Waals surface area contributed by atoms with Gasteiger partial charge in [-0.05, 0) is 49.2 Å². The second-order valence-corrected chi connectivity index (χ2v) is 11.3. The largest absolute Gasteiger partial charge is 0.465 e. The molecule has 13 heteroatoms. The number of carbonyl (C=O) groups excluding carboxylic acids is 2. The van der Waals surface area contributed by atoms with Crippen LogP contribution in [0, 0.1) is 0 Å². The highest BCUT2D eigenvalue weighted by molar-refractivity contribution is 6.32. The molecule has 3 aliphatic heterocycles. The van der Waals surface area contributed by atoms with Gasteiger partial charge in [0.25, 0.3) is 0 Å². The summed E-state index contributed by atoms with van der Waals surface area (Å²) in [6.45, 7) is 2.65. The molecule has 0 bridgehead atoms. The Hall–Kier alpha value is -4.00. The number of hydrogen-bond acceptors (Lipinski definition) is 7. The van der Waals surface area contributed by atoms with Crippen molar-refractivity contribution in [3.05, 3.63) is 53.6 Å². The van der Waals surface area contributed by atoms with Crippen LogP contribution in [-0.4, -0.2) is 102 Å². The Bertz CT molecular complexity index is 1700. The fourth-order valence-corrected chi connectivity index (χ4v) is 6.58. The van der Waals surface area contributed by atoms with Gasteiger partial charge >= 0.3 is 6.09 Å². The van der Waals surface area contributed by atoms with Crippen LogP contribution in [0.15, 0.2) is 43.0 Å². The number of carboxylic acid groups (broad SMARTS) is 1. The molecule has 0 radical (unpaired) electrons. The van der Waals surface area contributed by atoms with Crippen LogP contribution < -0.4 is 0 Å². The van der Waals surface area contributed by atoms with E-state index in [1.807, 2.05) is 46.1 Å². The lowest BCUT2D eigenvalue weighted by atomic mass is 10.1. The van der Waals surface area contributed by atoms with E-state index in [0.29, 0.717) is 35.9 Å². The maximum absolute atomic E-state index is 13.1. The Morgan fingerprint density at radius 3 is 2.93 bits per heavy atom. The van der Waals surface area contributed by atoms with Crippen molar-refractivity contribution < 1.29 is 24.2 Å². The number of rotatable bonds is 5. The van der Waals surface area contributed by atoms with Crippen molar-refractivity contribution in [3.63, 3.8) is 0 Å². The Morgan fingerprint density at radius 1 is 1.20 bits per heavy atom. The predicted octanol–water partition coefficient (Wildman–Crippen LogP) is 2.72. The molecule has 6 heterocycles. The smallest absolute Gasteiger partial charge is 0.407 e. The van der Waals surface area contributed by atoms with E-state index >= 15 is 0 Å². The van der Waals surface area contributed by atoms with Gasteiger partial charge in [-0.3, -0.25) is 19.4 Å². The van der Waals surface area contributed by atoms with Crippen LogP contribution in [0.2, 0.25) is 5.02 Å². The molecule has 0 saturated carbocycles. The molecule has 3 amide bonds. The Kier molecular flexibility index (Phi) is 6.40. The molecule has 3 aliphatic rings. The highest BCUT2D eigenvalue weighted by atomic mass is 35.5. The molecule has 41 heavy (non-hydrogen) atoms. The zero-order valence-electron chi connectivity index (χ0n) is 22.1. The maximum Gasteiger partial charge on any atom is 0.407 e.